The summed E-state index contributed by atoms with van der Waals surface area (Å²) in [5, 5.41) is 10.6. The molecule has 9 heteroatoms. The summed E-state index contributed by atoms with van der Waals surface area (Å²) in [7, 11) is 1.57. The van der Waals surface area contributed by atoms with Gasteiger partial charge >= 0.3 is 5.97 Å². The smallest absolute Gasteiger partial charge is 0.313 e. The van der Waals surface area contributed by atoms with E-state index in [1.165, 1.54) is 4.90 Å². The zero-order valence-electron chi connectivity index (χ0n) is 22.4. The van der Waals surface area contributed by atoms with Crippen LogP contribution in [0.3, 0.4) is 0 Å². The SMILES string of the molecule is COc1ccc(N2CC=C[C@]34O[C@]5(C)C=CCOC(=O)[C@@H]5[C@H]3C(=O)N([C@@H](CO)Cc3ccccc3)C4C2=O)cc1. The Morgan fingerprint density at radius 2 is 1.75 bits per heavy atom. The molecule has 4 aliphatic rings. The zero-order chi connectivity index (χ0) is 28.1. The third-order valence-corrected chi connectivity index (χ3v) is 8.55. The summed E-state index contributed by atoms with van der Waals surface area (Å²) in [6.45, 7) is 1.72. The van der Waals surface area contributed by atoms with E-state index >= 15 is 0 Å². The Labute approximate surface area is 232 Å². The summed E-state index contributed by atoms with van der Waals surface area (Å²) in [5.41, 5.74) is -1.04. The Morgan fingerprint density at radius 3 is 2.45 bits per heavy atom. The maximum Gasteiger partial charge on any atom is 0.313 e. The molecule has 40 heavy (non-hydrogen) atoms. The molecule has 4 aliphatic heterocycles. The van der Waals surface area contributed by atoms with E-state index in [0.29, 0.717) is 17.9 Å². The molecular formula is C31H32N2O7. The van der Waals surface area contributed by atoms with Crippen LogP contribution in [0.1, 0.15) is 12.5 Å². The summed E-state index contributed by atoms with van der Waals surface area (Å²) in [6, 6.07) is 14.8. The fourth-order valence-electron chi connectivity index (χ4n) is 6.82. The average Bonchev–Trinajstić information content (AvgIpc) is 3.23. The minimum absolute atomic E-state index is 0.0859. The molecule has 6 rings (SSSR count). The van der Waals surface area contributed by atoms with Crippen LogP contribution in [0.25, 0.3) is 0 Å². The summed E-state index contributed by atoms with van der Waals surface area (Å²) in [6.07, 6.45) is 7.40. The largest absolute Gasteiger partial charge is 0.497 e. The van der Waals surface area contributed by atoms with Crippen molar-refractivity contribution in [2.24, 2.45) is 11.8 Å². The molecule has 1 N–H and O–H groups in total. The van der Waals surface area contributed by atoms with Gasteiger partial charge in [0, 0.05) is 12.2 Å². The van der Waals surface area contributed by atoms with Gasteiger partial charge in [-0.05, 0) is 49.2 Å². The normalized spacial score (nSPS) is 31.7. The number of rotatable bonds is 6. The summed E-state index contributed by atoms with van der Waals surface area (Å²) >= 11 is 0. The molecule has 1 spiro atoms. The Balaban J connectivity index is 1.48. The first-order valence-electron chi connectivity index (χ1n) is 13.5. The molecule has 0 bridgehead atoms. The van der Waals surface area contributed by atoms with Gasteiger partial charge in [-0.3, -0.25) is 14.4 Å². The van der Waals surface area contributed by atoms with E-state index in [0.717, 1.165) is 5.56 Å². The maximum absolute atomic E-state index is 14.6. The number of carbonyl (C=O) groups is 3. The van der Waals surface area contributed by atoms with Gasteiger partial charge in [0.1, 0.15) is 29.9 Å². The van der Waals surface area contributed by atoms with Crippen molar-refractivity contribution < 1.29 is 33.7 Å². The van der Waals surface area contributed by atoms with Crippen LogP contribution in [0.2, 0.25) is 0 Å². The van der Waals surface area contributed by atoms with Gasteiger partial charge in [-0.2, -0.15) is 0 Å². The molecule has 4 heterocycles. The first kappa shape index (κ1) is 26.3. The molecule has 0 saturated carbocycles. The highest BCUT2D eigenvalue weighted by Gasteiger charge is 2.75. The molecule has 2 aromatic carbocycles. The van der Waals surface area contributed by atoms with Crippen molar-refractivity contribution in [2.45, 2.75) is 36.6 Å². The van der Waals surface area contributed by atoms with Crippen LogP contribution >= 0.6 is 0 Å². The lowest BCUT2D eigenvalue weighted by Gasteiger charge is -2.40. The second kappa shape index (κ2) is 9.91. The van der Waals surface area contributed by atoms with E-state index in [1.54, 1.807) is 61.4 Å². The van der Waals surface area contributed by atoms with Gasteiger partial charge in [0.15, 0.2) is 0 Å². The molecule has 0 radical (unpaired) electrons. The number of hydrogen-bond acceptors (Lipinski definition) is 7. The number of carbonyl (C=O) groups excluding carboxylic acids is 3. The van der Waals surface area contributed by atoms with E-state index in [1.807, 2.05) is 36.4 Å². The molecule has 6 atom stereocenters. The van der Waals surface area contributed by atoms with Crippen molar-refractivity contribution in [3.63, 3.8) is 0 Å². The molecule has 0 aliphatic carbocycles. The molecule has 2 aromatic rings. The Bertz CT molecular complexity index is 1370. The lowest BCUT2D eigenvalue weighted by molar-refractivity contribution is -0.157. The molecule has 208 valence electrons. The fourth-order valence-corrected chi connectivity index (χ4v) is 6.82. The van der Waals surface area contributed by atoms with Crippen molar-refractivity contribution in [3.05, 3.63) is 84.5 Å². The molecule has 0 aromatic heterocycles. The zero-order valence-corrected chi connectivity index (χ0v) is 22.4. The quantitative estimate of drug-likeness (QED) is 0.440. The van der Waals surface area contributed by atoms with Gasteiger partial charge < -0.3 is 29.1 Å². The molecule has 1 unspecified atom stereocenters. The summed E-state index contributed by atoms with van der Waals surface area (Å²) in [4.78, 5) is 45.4. The minimum atomic E-state index is -1.43. The van der Waals surface area contributed by atoms with Gasteiger partial charge in [-0.25, -0.2) is 0 Å². The van der Waals surface area contributed by atoms with Crippen LogP contribution in [-0.2, 0) is 30.3 Å². The number of methoxy groups -OCH3 is 1. The van der Waals surface area contributed by atoms with Crippen molar-refractivity contribution in [3.8, 4) is 5.75 Å². The van der Waals surface area contributed by atoms with Gasteiger partial charge in [0.05, 0.1) is 31.3 Å². The lowest BCUT2D eigenvalue weighted by atomic mass is 9.75. The highest BCUT2D eigenvalue weighted by molar-refractivity contribution is 6.05. The Morgan fingerprint density at radius 1 is 1.00 bits per heavy atom. The highest BCUT2D eigenvalue weighted by Crippen LogP contribution is 2.57. The van der Waals surface area contributed by atoms with E-state index in [-0.39, 0.29) is 25.7 Å². The third kappa shape index (κ3) is 3.95. The first-order chi connectivity index (χ1) is 19.3. The Kier molecular flexibility index (Phi) is 6.51. The van der Waals surface area contributed by atoms with Gasteiger partial charge in [-0.1, -0.05) is 48.6 Å². The minimum Gasteiger partial charge on any atom is -0.497 e. The number of likely N-dealkylation sites (tertiary alicyclic amines) is 1. The second-order valence-electron chi connectivity index (χ2n) is 10.9. The molecule has 2 fully saturated rings. The standard InChI is InChI=1S/C31H32N2O7/c1-30-14-7-17-39-29(37)25(30)24-27(35)33(22(19-34)18-20-8-4-3-5-9-20)26-28(36)32(16-6-15-31(24,26)40-30)21-10-12-23(38-2)13-11-21/h3-15,22,24-26,34H,16-19H2,1-2H3/t22-,24+,25+,26?,30-,31+/m1/s1. The van der Waals surface area contributed by atoms with Crippen molar-refractivity contribution >= 4 is 23.5 Å². The van der Waals surface area contributed by atoms with Crippen LogP contribution < -0.4 is 9.64 Å². The number of anilines is 1. The predicted molar refractivity (Wildman–Crippen MR) is 145 cm³/mol. The number of aliphatic hydroxyl groups is 1. The van der Waals surface area contributed by atoms with Gasteiger partial charge in [-0.15, -0.1) is 0 Å². The summed E-state index contributed by atoms with van der Waals surface area (Å²) in [5.74, 6) is -2.60. The number of cyclic esters (lactones) is 1. The molecule has 2 amide bonds. The van der Waals surface area contributed by atoms with Crippen LogP contribution in [0.4, 0.5) is 5.69 Å². The van der Waals surface area contributed by atoms with Crippen LogP contribution in [0.5, 0.6) is 5.75 Å². The number of nitrogens with zero attached hydrogens (tertiary/aromatic N) is 2. The van der Waals surface area contributed by atoms with Gasteiger partial charge in [0.2, 0.25) is 5.91 Å². The Hall–Kier alpha value is -3.95. The van der Waals surface area contributed by atoms with Crippen LogP contribution in [-0.4, -0.2) is 77.9 Å². The van der Waals surface area contributed by atoms with E-state index in [4.69, 9.17) is 14.2 Å². The fraction of sp³-hybridized carbons (Fsp3) is 0.387. The topological polar surface area (TPSA) is 106 Å². The summed E-state index contributed by atoms with van der Waals surface area (Å²) < 4.78 is 17.5. The number of fused-ring (bicyclic) bond motifs is 2. The third-order valence-electron chi connectivity index (χ3n) is 8.55. The van der Waals surface area contributed by atoms with Crippen molar-refractivity contribution in [2.75, 3.05) is 31.8 Å². The average molecular weight is 545 g/mol. The number of hydrogen-bond donors (Lipinski definition) is 1. The lowest BCUT2D eigenvalue weighted by Crippen LogP contribution is -2.59. The van der Waals surface area contributed by atoms with E-state index in [2.05, 4.69) is 0 Å². The van der Waals surface area contributed by atoms with Crippen molar-refractivity contribution in [1.82, 2.24) is 4.90 Å². The predicted octanol–water partition coefficient (Wildman–Crippen LogP) is 2.29. The van der Waals surface area contributed by atoms with E-state index < -0.39 is 47.0 Å². The van der Waals surface area contributed by atoms with Crippen LogP contribution in [0.15, 0.2) is 78.9 Å². The first-order valence-corrected chi connectivity index (χ1v) is 13.5. The second-order valence-corrected chi connectivity index (χ2v) is 10.9. The highest BCUT2D eigenvalue weighted by atomic mass is 16.6. The number of esters is 1. The molecular weight excluding hydrogens is 512 g/mol. The van der Waals surface area contributed by atoms with Crippen LogP contribution in [0, 0.1) is 11.8 Å². The molecule has 9 nitrogen and oxygen atoms in total. The van der Waals surface area contributed by atoms with Crippen molar-refractivity contribution in [1.29, 1.82) is 0 Å². The van der Waals surface area contributed by atoms with Gasteiger partial charge in [0.25, 0.3) is 5.91 Å². The number of benzene rings is 2. The maximum atomic E-state index is 14.6. The number of amides is 2. The number of ether oxygens (including phenoxy) is 3. The van der Waals surface area contributed by atoms with E-state index in [9.17, 15) is 19.5 Å². The monoisotopic (exact) mass is 544 g/mol. The number of aliphatic hydroxyl groups excluding tert-OH is 1. The molecule has 2 saturated heterocycles.